The van der Waals surface area contributed by atoms with Crippen LogP contribution in [0.3, 0.4) is 0 Å². The highest BCUT2D eigenvalue weighted by atomic mass is 16.5. The standard InChI is InChI=1S/C28H38O11/c1-3-21(29)17-23(31)11-5-8-14-27(35)38-19-25(33)13-7-10-16-28(36)39-20-24(32)12-6-9-15-26(34)37-18-22(30)4-2/h3-4H,1-2,5-20H2. The fourth-order valence-electron chi connectivity index (χ4n) is 3.02. The summed E-state index contributed by atoms with van der Waals surface area (Å²) in [7, 11) is 0. The number of carbonyl (C=O) groups excluding carboxylic acids is 8. The lowest BCUT2D eigenvalue weighted by atomic mass is 10.1. The number of hydrogen-bond acceptors (Lipinski definition) is 11. The molecule has 11 heteroatoms. The SMILES string of the molecule is C=CC(=O)COC(=O)CCCCC(=O)COC(=O)CCCCC(=O)COC(=O)CCCCC(=O)CC(=O)C=C. The first-order chi connectivity index (χ1) is 18.6. The van der Waals surface area contributed by atoms with Gasteiger partial charge in [0.25, 0.3) is 0 Å². The van der Waals surface area contributed by atoms with E-state index in [-0.39, 0.29) is 87.9 Å². The molecule has 0 heterocycles. The number of allylic oxidation sites excluding steroid dienone is 1. The Kier molecular flexibility index (Phi) is 20.1. The highest BCUT2D eigenvalue weighted by Gasteiger charge is 2.12. The first-order valence-electron chi connectivity index (χ1n) is 12.9. The van der Waals surface area contributed by atoms with E-state index in [4.69, 9.17) is 14.2 Å². The molecule has 0 N–H and O–H groups in total. The molecule has 0 rings (SSSR count). The van der Waals surface area contributed by atoms with E-state index >= 15 is 0 Å². The summed E-state index contributed by atoms with van der Waals surface area (Å²) in [5, 5.41) is 0. The summed E-state index contributed by atoms with van der Waals surface area (Å²) in [6.07, 6.45) is 4.95. The van der Waals surface area contributed by atoms with E-state index < -0.39 is 23.7 Å². The van der Waals surface area contributed by atoms with Crippen molar-refractivity contribution in [3.8, 4) is 0 Å². The van der Waals surface area contributed by atoms with Gasteiger partial charge in [-0.1, -0.05) is 13.2 Å². The second kappa shape index (κ2) is 22.2. The monoisotopic (exact) mass is 550 g/mol. The van der Waals surface area contributed by atoms with Gasteiger partial charge in [0.15, 0.2) is 29.7 Å². The van der Waals surface area contributed by atoms with E-state index in [0.29, 0.717) is 38.5 Å². The van der Waals surface area contributed by atoms with Crippen molar-refractivity contribution in [2.75, 3.05) is 19.8 Å². The number of hydrogen-bond donors (Lipinski definition) is 0. The fourth-order valence-corrected chi connectivity index (χ4v) is 3.02. The maximum Gasteiger partial charge on any atom is 0.306 e. The number of rotatable bonds is 25. The van der Waals surface area contributed by atoms with Gasteiger partial charge in [-0.05, 0) is 50.7 Å². The summed E-state index contributed by atoms with van der Waals surface area (Å²) >= 11 is 0. The molecule has 216 valence electrons. The Morgan fingerprint density at radius 3 is 1.15 bits per heavy atom. The summed E-state index contributed by atoms with van der Waals surface area (Å²) in [6, 6.07) is 0. The number of unbranched alkanes of at least 4 members (excludes halogenated alkanes) is 3. The van der Waals surface area contributed by atoms with Crippen LogP contribution in [0.4, 0.5) is 0 Å². The summed E-state index contributed by atoms with van der Waals surface area (Å²) in [5.74, 6) is -3.19. The topological polar surface area (TPSA) is 164 Å². The predicted octanol–water partition coefficient (Wildman–Crippen LogP) is 2.90. The molecule has 0 atom stereocenters. The number of esters is 3. The molecule has 0 aliphatic rings. The molecular formula is C28H38O11. The van der Waals surface area contributed by atoms with E-state index in [1.54, 1.807) is 0 Å². The maximum absolute atomic E-state index is 11.8. The van der Waals surface area contributed by atoms with Crippen LogP contribution in [0.2, 0.25) is 0 Å². The molecule has 0 unspecified atom stereocenters. The molecule has 0 spiro atoms. The third-order valence-electron chi connectivity index (χ3n) is 5.25. The average Bonchev–Trinajstić information content (AvgIpc) is 2.91. The molecule has 0 saturated carbocycles. The van der Waals surface area contributed by atoms with E-state index in [1.807, 2.05) is 0 Å². The summed E-state index contributed by atoms with van der Waals surface area (Å²) in [5.41, 5.74) is 0. The van der Waals surface area contributed by atoms with Gasteiger partial charge in [0, 0.05) is 38.5 Å². The highest BCUT2D eigenvalue weighted by Crippen LogP contribution is 2.07. The molecule has 0 fully saturated rings. The van der Waals surface area contributed by atoms with Gasteiger partial charge in [-0.2, -0.15) is 0 Å². The minimum atomic E-state index is -0.565. The van der Waals surface area contributed by atoms with E-state index in [9.17, 15) is 38.4 Å². The average molecular weight is 551 g/mol. The first kappa shape index (κ1) is 35.2. The lowest BCUT2D eigenvalue weighted by molar-refractivity contribution is -0.148. The minimum absolute atomic E-state index is 0.0345. The van der Waals surface area contributed by atoms with Gasteiger partial charge < -0.3 is 14.2 Å². The Hall–Kier alpha value is -3.76. The lowest BCUT2D eigenvalue weighted by Crippen LogP contribution is -2.15. The quantitative estimate of drug-likeness (QED) is 0.0539. The highest BCUT2D eigenvalue weighted by molar-refractivity contribution is 6.04. The van der Waals surface area contributed by atoms with E-state index in [0.717, 1.165) is 12.2 Å². The van der Waals surface area contributed by atoms with Crippen LogP contribution in [0, 0.1) is 0 Å². The normalized spacial score (nSPS) is 10.2. The third kappa shape index (κ3) is 22.0. The molecule has 0 aliphatic heterocycles. The van der Waals surface area contributed by atoms with Crippen molar-refractivity contribution in [3.05, 3.63) is 25.3 Å². The smallest absolute Gasteiger partial charge is 0.306 e. The molecule has 0 bridgehead atoms. The molecule has 0 aromatic heterocycles. The molecule has 11 nitrogen and oxygen atoms in total. The van der Waals surface area contributed by atoms with Crippen molar-refractivity contribution in [3.63, 3.8) is 0 Å². The lowest BCUT2D eigenvalue weighted by Gasteiger charge is -2.06. The molecule has 0 saturated heterocycles. The molecule has 0 aromatic carbocycles. The molecule has 0 radical (unpaired) electrons. The number of carbonyl (C=O) groups is 8. The number of Topliss-reactive ketones (excluding diaryl/α,β-unsaturated/α-hetero) is 3. The van der Waals surface area contributed by atoms with Gasteiger partial charge in [-0.15, -0.1) is 0 Å². The van der Waals surface area contributed by atoms with Crippen LogP contribution in [0.25, 0.3) is 0 Å². The van der Waals surface area contributed by atoms with Crippen LogP contribution < -0.4 is 0 Å². The number of ketones is 5. The fraction of sp³-hybridized carbons (Fsp3) is 0.571. The molecule has 0 aromatic rings. The van der Waals surface area contributed by atoms with Crippen molar-refractivity contribution in [2.45, 2.75) is 83.5 Å². The van der Waals surface area contributed by atoms with Crippen LogP contribution in [-0.2, 0) is 52.6 Å². The molecule has 39 heavy (non-hydrogen) atoms. The third-order valence-corrected chi connectivity index (χ3v) is 5.25. The van der Waals surface area contributed by atoms with Crippen molar-refractivity contribution in [2.24, 2.45) is 0 Å². The Bertz CT molecular complexity index is 901. The minimum Gasteiger partial charge on any atom is -0.458 e. The zero-order valence-corrected chi connectivity index (χ0v) is 22.4. The van der Waals surface area contributed by atoms with Crippen molar-refractivity contribution >= 4 is 46.8 Å². The Morgan fingerprint density at radius 2 is 0.769 bits per heavy atom. The summed E-state index contributed by atoms with van der Waals surface area (Å²) in [4.78, 5) is 92.1. The Morgan fingerprint density at radius 1 is 0.436 bits per heavy atom. The number of ether oxygens (including phenoxy) is 3. The van der Waals surface area contributed by atoms with Crippen LogP contribution in [0.15, 0.2) is 25.3 Å². The summed E-state index contributed by atoms with van der Waals surface area (Å²) in [6.45, 7) is 5.47. The van der Waals surface area contributed by atoms with Crippen LogP contribution in [0.1, 0.15) is 83.5 Å². The predicted molar refractivity (Wildman–Crippen MR) is 138 cm³/mol. The van der Waals surface area contributed by atoms with Crippen LogP contribution in [-0.4, -0.2) is 66.6 Å². The van der Waals surface area contributed by atoms with Gasteiger partial charge in [0.05, 0.1) is 6.42 Å². The zero-order valence-electron chi connectivity index (χ0n) is 22.4. The van der Waals surface area contributed by atoms with Gasteiger partial charge in [-0.25, -0.2) is 0 Å². The van der Waals surface area contributed by atoms with Crippen molar-refractivity contribution in [1.29, 1.82) is 0 Å². The van der Waals surface area contributed by atoms with Crippen LogP contribution in [0.5, 0.6) is 0 Å². The van der Waals surface area contributed by atoms with Gasteiger partial charge in [0.2, 0.25) is 0 Å². The maximum atomic E-state index is 11.8. The first-order valence-corrected chi connectivity index (χ1v) is 12.9. The largest absolute Gasteiger partial charge is 0.458 e. The zero-order chi connectivity index (χ0) is 29.5. The Balaban J connectivity index is 3.74. The second-order valence-electron chi connectivity index (χ2n) is 8.74. The van der Waals surface area contributed by atoms with Gasteiger partial charge in [-0.3, -0.25) is 38.4 Å². The van der Waals surface area contributed by atoms with Crippen molar-refractivity contribution < 1.29 is 52.6 Å². The molecular weight excluding hydrogens is 512 g/mol. The van der Waals surface area contributed by atoms with Crippen molar-refractivity contribution in [1.82, 2.24) is 0 Å². The second-order valence-corrected chi connectivity index (χ2v) is 8.74. The summed E-state index contributed by atoms with van der Waals surface area (Å²) < 4.78 is 14.5. The van der Waals surface area contributed by atoms with Gasteiger partial charge >= 0.3 is 17.9 Å². The molecule has 0 aliphatic carbocycles. The molecule has 0 amide bonds. The Labute approximate surface area is 228 Å². The van der Waals surface area contributed by atoms with Crippen LogP contribution >= 0.6 is 0 Å². The van der Waals surface area contributed by atoms with E-state index in [2.05, 4.69) is 13.2 Å². The van der Waals surface area contributed by atoms with E-state index in [1.165, 1.54) is 0 Å². The van der Waals surface area contributed by atoms with Gasteiger partial charge in [0.1, 0.15) is 19.0 Å².